The molecule has 0 aliphatic heterocycles. The summed E-state index contributed by atoms with van der Waals surface area (Å²) in [6.07, 6.45) is 3.46. The number of phenolic OH excluding ortho intramolecular Hbond substituents is 1. The highest BCUT2D eigenvalue weighted by Crippen LogP contribution is 2.39. The highest BCUT2D eigenvalue weighted by Gasteiger charge is 2.22. The molecule has 19 heavy (non-hydrogen) atoms. The monoisotopic (exact) mass is 293 g/mol. The lowest BCUT2D eigenvalue weighted by Crippen LogP contribution is -2.16. The molecule has 1 aliphatic carbocycles. The van der Waals surface area contributed by atoms with E-state index in [0.717, 1.165) is 28.4 Å². The van der Waals surface area contributed by atoms with Gasteiger partial charge in [0.1, 0.15) is 5.75 Å². The largest absolute Gasteiger partial charge is 0.508 e. The summed E-state index contributed by atoms with van der Waals surface area (Å²) in [6.45, 7) is 2.01. The smallest absolute Gasteiger partial charge is 0.115 e. The number of fused-ring (bicyclic) bond motifs is 1. The van der Waals surface area contributed by atoms with Crippen molar-refractivity contribution in [1.29, 1.82) is 0 Å². The molecule has 1 aromatic carbocycles. The fourth-order valence-electron chi connectivity index (χ4n) is 2.67. The molecule has 0 fully saturated rings. The van der Waals surface area contributed by atoms with Gasteiger partial charge in [-0.3, -0.25) is 0 Å². The molecule has 0 amide bonds. The number of aromatic hydroxyl groups is 1. The van der Waals surface area contributed by atoms with Crippen molar-refractivity contribution < 1.29 is 5.11 Å². The van der Waals surface area contributed by atoms with Crippen molar-refractivity contribution in [3.05, 3.63) is 44.6 Å². The summed E-state index contributed by atoms with van der Waals surface area (Å²) in [5, 5.41) is 13.0. The van der Waals surface area contributed by atoms with E-state index in [2.05, 4.69) is 11.4 Å². The van der Waals surface area contributed by atoms with Gasteiger partial charge in [-0.15, -0.1) is 11.3 Å². The molecule has 1 aromatic heterocycles. The first-order valence-corrected chi connectivity index (χ1v) is 7.67. The third-order valence-electron chi connectivity index (χ3n) is 3.62. The molecule has 1 aliphatic rings. The number of rotatable bonds is 2. The molecule has 2 aromatic rings. The average Bonchev–Trinajstić information content (AvgIpc) is 2.74. The first-order valence-electron chi connectivity index (χ1n) is 6.48. The minimum atomic E-state index is 0.311. The van der Waals surface area contributed by atoms with Crippen molar-refractivity contribution >= 4 is 28.6 Å². The molecule has 0 saturated heterocycles. The van der Waals surface area contributed by atoms with Crippen LogP contribution in [0.5, 0.6) is 5.75 Å². The quantitative estimate of drug-likeness (QED) is 0.772. The summed E-state index contributed by atoms with van der Waals surface area (Å²) in [4.78, 5) is 1.41. The number of phenols is 1. The molecule has 0 spiro atoms. The summed E-state index contributed by atoms with van der Waals surface area (Å²) in [6, 6.07) is 7.86. The molecule has 0 radical (unpaired) electrons. The zero-order valence-corrected chi connectivity index (χ0v) is 12.3. The van der Waals surface area contributed by atoms with Gasteiger partial charge in [-0.1, -0.05) is 11.6 Å². The molecular formula is C15H16ClNOS. The van der Waals surface area contributed by atoms with Gasteiger partial charge in [-0.25, -0.2) is 0 Å². The van der Waals surface area contributed by atoms with Crippen LogP contribution in [0.3, 0.4) is 0 Å². The number of hydrogen-bond acceptors (Lipinski definition) is 3. The Bertz CT molecular complexity index is 608. The van der Waals surface area contributed by atoms with E-state index in [1.165, 1.54) is 16.9 Å². The van der Waals surface area contributed by atoms with Crippen LogP contribution in [0.25, 0.3) is 0 Å². The van der Waals surface area contributed by atoms with Gasteiger partial charge < -0.3 is 10.4 Å². The predicted octanol–water partition coefficient (Wildman–Crippen LogP) is 4.91. The fraction of sp³-hybridized carbons (Fsp3) is 0.333. The first kappa shape index (κ1) is 12.8. The first-order chi connectivity index (χ1) is 9.13. The van der Waals surface area contributed by atoms with Gasteiger partial charge in [0.2, 0.25) is 0 Å². The molecule has 4 heteroatoms. The van der Waals surface area contributed by atoms with Crippen LogP contribution < -0.4 is 5.32 Å². The molecule has 0 bridgehead atoms. The van der Waals surface area contributed by atoms with E-state index in [-0.39, 0.29) is 0 Å². The lowest BCUT2D eigenvalue weighted by molar-refractivity contribution is 0.475. The maximum atomic E-state index is 9.46. The lowest BCUT2D eigenvalue weighted by Gasteiger charge is -2.25. The van der Waals surface area contributed by atoms with Crippen LogP contribution in [0, 0.1) is 6.92 Å². The summed E-state index contributed by atoms with van der Waals surface area (Å²) in [5.74, 6) is 0.311. The molecular weight excluding hydrogens is 278 g/mol. The second-order valence-corrected chi connectivity index (χ2v) is 6.79. The van der Waals surface area contributed by atoms with Crippen LogP contribution in [0.2, 0.25) is 4.34 Å². The van der Waals surface area contributed by atoms with Crippen LogP contribution in [-0.2, 0) is 6.42 Å². The van der Waals surface area contributed by atoms with Gasteiger partial charge in [0.15, 0.2) is 0 Å². The highest BCUT2D eigenvalue weighted by atomic mass is 35.5. The Labute approximate surface area is 122 Å². The molecule has 1 unspecified atom stereocenters. The number of aryl methyl sites for hydroxylation is 2. The number of hydrogen-bond donors (Lipinski definition) is 2. The van der Waals surface area contributed by atoms with Crippen molar-refractivity contribution in [3.8, 4) is 5.75 Å². The van der Waals surface area contributed by atoms with E-state index in [4.69, 9.17) is 11.6 Å². The Morgan fingerprint density at radius 2 is 2.21 bits per heavy atom. The minimum absolute atomic E-state index is 0.311. The topological polar surface area (TPSA) is 32.3 Å². The number of nitrogens with one attached hydrogen (secondary N) is 1. The van der Waals surface area contributed by atoms with Crippen LogP contribution in [0.15, 0.2) is 24.3 Å². The Hall–Kier alpha value is -1.19. The third-order valence-corrected chi connectivity index (χ3v) is 4.96. The summed E-state index contributed by atoms with van der Waals surface area (Å²) < 4.78 is 0.876. The predicted molar refractivity (Wildman–Crippen MR) is 81.5 cm³/mol. The zero-order valence-electron chi connectivity index (χ0n) is 10.7. The Balaban J connectivity index is 1.88. The lowest BCUT2D eigenvalue weighted by atomic mass is 9.93. The van der Waals surface area contributed by atoms with Gasteiger partial charge in [-0.2, -0.15) is 0 Å². The number of anilines is 1. The number of thiophene rings is 1. The average molecular weight is 294 g/mol. The van der Waals surface area contributed by atoms with Gasteiger partial charge in [0.05, 0.1) is 10.4 Å². The molecule has 1 atom stereocenters. The van der Waals surface area contributed by atoms with Crippen molar-refractivity contribution in [2.45, 2.75) is 32.2 Å². The molecule has 100 valence electrons. The van der Waals surface area contributed by atoms with E-state index in [0.29, 0.717) is 11.8 Å². The van der Waals surface area contributed by atoms with Gasteiger partial charge in [-0.05, 0) is 61.6 Å². The highest BCUT2D eigenvalue weighted by molar-refractivity contribution is 7.16. The van der Waals surface area contributed by atoms with Crippen molar-refractivity contribution in [3.63, 3.8) is 0 Å². The summed E-state index contributed by atoms with van der Waals surface area (Å²) >= 11 is 7.83. The SMILES string of the molecule is Cc1cc(O)ccc1NC1CCCc2sc(Cl)cc21. The number of halogens is 1. The van der Waals surface area contributed by atoms with Gasteiger partial charge in [0.25, 0.3) is 0 Å². The minimum Gasteiger partial charge on any atom is -0.508 e. The second-order valence-electron chi connectivity index (χ2n) is 5.02. The Morgan fingerprint density at radius 3 is 3.00 bits per heavy atom. The van der Waals surface area contributed by atoms with Crippen molar-refractivity contribution in [1.82, 2.24) is 0 Å². The van der Waals surface area contributed by atoms with E-state index in [1.54, 1.807) is 23.5 Å². The van der Waals surface area contributed by atoms with Gasteiger partial charge in [0, 0.05) is 10.6 Å². The Kier molecular flexibility index (Phi) is 3.42. The normalized spacial score (nSPS) is 18.1. The van der Waals surface area contributed by atoms with E-state index >= 15 is 0 Å². The summed E-state index contributed by atoms with van der Waals surface area (Å²) in [7, 11) is 0. The Morgan fingerprint density at radius 1 is 1.37 bits per heavy atom. The third kappa shape index (κ3) is 2.58. The van der Waals surface area contributed by atoms with Crippen LogP contribution >= 0.6 is 22.9 Å². The van der Waals surface area contributed by atoms with E-state index in [9.17, 15) is 5.11 Å². The fourth-order valence-corrected chi connectivity index (χ4v) is 4.05. The standard InChI is InChI=1S/C15H16ClNOS/c1-9-7-10(18)5-6-12(9)17-13-3-2-4-14-11(13)8-15(16)19-14/h5-8,13,17-18H,2-4H2,1H3. The molecule has 2 N–H and O–H groups in total. The van der Waals surface area contributed by atoms with Crippen LogP contribution in [0.1, 0.15) is 34.9 Å². The van der Waals surface area contributed by atoms with Crippen molar-refractivity contribution in [2.75, 3.05) is 5.32 Å². The molecule has 1 heterocycles. The van der Waals surface area contributed by atoms with Crippen LogP contribution in [-0.4, -0.2) is 5.11 Å². The maximum Gasteiger partial charge on any atom is 0.115 e. The molecule has 0 saturated carbocycles. The number of benzene rings is 1. The molecule has 3 rings (SSSR count). The molecule has 2 nitrogen and oxygen atoms in total. The maximum absolute atomic E-state index is 9.46. The summed E-state index contributed by atoms with van der Waals surface area (Å²) in [5.41, 5.74) is 3.49. The second kappa shape index (κ2) is 5.06. The van der Waals surface area contributed by atoms with Crippen molar-refractivity contribution in [2.24, 2.45) is 0 Å². The van der Waals surface area contributed by atoms with Crippen LogP contribution in [0.4, 0.5) is 5.69 Å². The zero-order chi connectivity index (χ0) is 13.4. The van der Waals surface area contributed by atoms with Gasteiger partial charge >= 0.3 is 0 Å². The van der Waals surface area contributed by atoms with E-state index in [1.807, 2.05) is 13.0 Å². The van der Waals surface area contributed by atoms with E-state index < -0.39 is 0 Å².